The minimum Gasteiger partial charge on any atom is -0.466 e. The van der Waals surface area contributed by atoms with E-state index < -0.39 is 23.0 Å². The van der Waals surface area contributed by atoms with Crippen molar-refractivity contribution in [2.24, 2.45) is 0 Å². The lowest BCUT2D eigenvalue weighted by Crippen LogP contribution is -2.28. The summed E-state index contributed by atoms with van der Waals surface area (Å²) in [7, 11) is -0.182. The molecule has 2 atom stereocenters. The van der Waals surface area contributed by atoms with Crippen LogP contribution in [0.1, 0.15) is 17.2 Å². The normalized spacial score (nSPS) is 13.1. The fraction of sp³-hybridized carbons (Fsp3) is 0.167. The molecule has 120 valence electrons. The standard InChI is InChI=1S/C18H19NO3S/c1-13-9-11-16(12-10-13)23(21)19-17(14(2)18(20)22-3)15-7-5-4-6-8-15/h4-12,17,19H,2H2,1,3H3/t17-,23?/m0/s1. The van der Waals surface area contributed by atoms with Gasteiger partial charge >= 0.3 is 5.97 Å². The van der Waals surface area contributed by atoms with Gasteiger partial charge in [-0.25, -0.2) is 13.7 Å². The van der Waals surface area contributed by atoms with Crippen molar-refractivity contribution in [3.05, 3.63) is 77.9 Å². The number of hydrogen-bond acceptors (Lipinski definition) is 3. The first-order valence-corrected chi connectivity index (χ1v) is 8.24. The van der Waals surface area contributed by atoms with Crippen LogP contribution in [0.25, 0.3) is 0 Å². The molecule has 23 heavy (non-hydrogen) atoms. The highest BCUT2D eigenvalue weighted by Gasteiger charge is 2.23. The number of rotatable bonds is 6. The van der Waals surface area contributed by atoms with E-state index >= 15 is 0 Å². The van der Waals surface area contributed by atoms with E-state index in [1.54, 1.807) is 12.1 Å². The predicted octanol–water partition coefficient (Wildman–Crippen LogP) is 3.08. The summed E-state index contributed by atoms with van der Waals surface area (Å²) in [5, 5.41) is 0. The lowest BCUT2D eigenvalue weighted by Gasteiger charge is -2.19. The summed E-state index contributed by atoms with van der Waals surface area (Å²) in [5.74, 6) is -0.535. The Morgan fingerprint density at radius 2 is 1.74 bits per heavy atom. The number of ether oxygens (including phenoxy) is 1. The van der Waals surface area contributed by atoms with Gasteiger partial charge in [0, 0.05) is 0 Å². The molecule has 5 heteroatoms. The summed E-state index contributed by atoms with van der Waals surface area (Å²) in [6.45, 7) is 5.76. The molecule has 0 saturated heterocycles. The van der Waals surface area contributed by atoms with Crippen molar-refractivity contribution in [2.75, 3.05) is 7.11 Å². The third-order valence-corrected chi connectivity index (χ3v) is 4.54. The molecule has 2 aromatic carbocycles. The van der Waals surface area contributed by atoms with Crippen molar-refractivity contribution < 1.29 is 13.7 Å². The first-order chi connectivity index (χ1) is 11.0. The van der Waals surface area contributed by atoms with Gasteiger partial charge in [-0.3, -0.25) is 0 Å². The Morgan fingerprint density at radius 1 is 1.13 bits per heavy atom. The lowest BCUT2D eigenvalue weighted by atomic mass is 10.0. The van der Waals surface area contributed by atoms with Crippen LogP contribution in [-0.4, -0.2) is 17.3 Å². The average Bonchev–Trinajstić information content (AvgIpc) is 2.59. The van der Waals surface area contributed by atoms with Crippen LogP contribution in [0.4, 0.5) is 0 Å². The quantitative estimate of drug-likeness (QED) is 0.654. The van der Waals surface area contributed by atoms with Gasteiger partial charge in [-0.1, -0.05) is 54.6 Å². The highest BCUT2D eigenvalue weighted by atomic mass is 32.2. The summed E-state index contributed by atoms with van der Waals surface area (Å²) in [6, 6.07) is 16.0. The third-order valence-electron chi connectivity index (χ3n) is 3.39. The van der Waals surface area contributed by atoms with Crippen molar-refractivity contribution in [3.8, 4) is 0 Å². The largest absolute Gasteiger partial charge is 0.466 e. The molecule has 0 heterocycles. The number of benzene rings is 2. The Labute approximate surface area is 138 Å². The van der Waals surface area contributed by atoms with E-state index in [1.165, 1.54) is 7.11 Å². The van der Waals surface area contributed by atoms with Crippen LogP contribution in [0, 0.1) is 6.92 Å². The summed E-state index contributed by atoms with van der Waals surface area (Å²) in [5.41, 5.74) is 2.09. The number of nitrogens with one attached hydrogen (secondary N) is 1. The van der Waals surface area contributed by atoms with Gasteiger partial charge in [-0.2, -0.15) is 0 Å². The number of carbonyl (C=O) groups is 1. The zero-order valence-electron chi connectivity index (χ0n) is 13.1. The molecule has 1 unspecified atom stereocenters. The third kappa shape index (κ3) is 4.37. The molecule has 0 amide bonds. The van der Waals surface area contributed by atoms with E-state index in [2.05, 4.69) is 11.3 Å². The fourth-order valence-corrected chi connectivity index (χ4v) is 3.08. The van der Waals surface area contributed by atoms with Gasteiger partial charge < -0.3 is 4.74 Å². The van der Waals surface area contributed by atoms with Crippen LogP contribution in [0.15, 0.2) is 71.6 Å². The number of hydrogen-bond donors (Lipinski definition) is 1. The van der Waals surface area contributed by atoms with Crippen molar-refractivity contribution in [3.63, 3.8) is 0 Å². The van der Waals surface area contributed by atoms with E-state index in [0.29, 0.717) is 4.90 Å². The molecule has 0 aliphatic carbocycles. The van der Waals surface area contributed by atoms with Gasteiger partial charge in [0.05, 0.1) is 23.6 Å². The minimum absolute atomic E-state index is 0.208. The van der Waals surface area contributed by atoms with Gasteiger partial charge in [0.25, 0.3) is 0 Å². The number of methoxy groups -OCH3 is 1. The maximum Gasteiger partial charge on any atom is 0.335 e. The maximum absolute atomic E-state index is 12.6. The first-order valence-electron chi connectivity index (χ1n) is 7.09. The van der Waals surface area contributed by atoms with Gasteiger partial charge in [0.1, 0.15) is 11.0 Å². The van der Waals surface area contributed by atoms with Gasteiger partial charge in [-0.15, -0.1) is 0 Å². The monoisotopic (exact) mass is 329 g/mol. The molecular formula is C18H19NO3S. The second-order valence-corrected chi connectivity index (χ2v) is 6.30. The van der Waals surface area contributed by atoms with Crippen LogP contribution >= 0.6 is 0 Å². The molecule has 2 rings (SSSR count). The van der Waals surface area contributed by atoms with Crippen LogP contribution < -0.4 is 4.72 Å². The van der Waals surface area contributed by atoms with Crippen molar-refractivity contribution in [2.45, 2.75) is 17.9 Å². The molecule has 0 saturated carbocycles. The number of esters is 1. The second-order valence-electron chi connectivity index (χ2n) is 5.06. The van der Waals surface area contributed by atoms with Crippen molar-refractivity contribution >= 4 is 17.0 Å². The Bertz CT molecular complexity index is 711. The van der Waals surface area contributed by atoms with Crippen LogP contribution in [-0.2, 0) is 20.5 Å². The highest BCUT2D eigenvalue weighted by Crippen LogP contribution is 2.23. The lowest BCUT2D eigenvalue weighted by molar-refractivity contribution is -0.136. The highest BCUT2D eigenvalue weighted by molar-refractivity contribution is 7.83. The van der Waals surface area contributed by atoms with E-state index in [-0.39, 0.29) is 5.57 Å². The number of carbonyl (C=O) groups excluding carboxylic acids is 1. The number of aryl methyl sites for hydroxylation is 1. The zero-order chi connectivity index (χ0) is 16.8. The Hall–Kier alpha value is -2.24. The van der Waals surface area contributed by atoms with Crippen LogP contribution in [0.2, 0.25) is 0 Å². The Kier molecular flexibility index (Phi) is 5.84. The molecule has 0 bridgehead atoms. The summed E-state index contributed by atoms with van der Waals surface area (Å²) >= 11 is 0. The molecule has 0 aliphatic rings. The zero-order valence-corrected chi connectivity index (χ0v) is 13.9. The van der Waals surface area contributed by atoms with E-state index in [9.17, 15) is 9.00 Å². The van der Waals surface area contributed by atoms with Crippen LogP contribution in [0.5, 0.6) is 0 Å². The fourth-order valence-electron chi connectivity index (χ4n) is 2.07. The first kappa shape index (κ1) is 17.1. The maximum atomic E-state index is 12.6. The summed E-state index contributed by atoms with van der Waals surface area (Å²) in [6.07, 6.45) is 0. The van der Waals surface area contributed by atoms with Crippen molar-refractivity contribution in [1.82, 2.24) is 4.72 Å². The van der Waals surface area contributed by atoms with Crippen LogP contribution in [0.3, 0.4) is 0 Å². The Morgan fingerprint density at radius 3 is 2.30 bits per heavy atom. The topological polar surface area (TPSA) is 55.4 Å². The molecule has 4 nitrogen and oxygen atoms in total. The molecule has 0 spiro atoms. The second kappa shape index (κ2) is 7.85. The van der Waals surface area contributed by atoms with Crippen molar-refractivity contribution in [1.29, 1.82) is 0 Å². The minimum atomic E-state index is -1.48. The molecule has 0 radical (unpaired) electrons. The van der Waals surface area contributed by atoms with E-state index in [4.69, 9.17) is 4.74 Å². The summed E-state index contributed by atoms with van der Waals surface area (Å²) in [4.78, 5) is 12.5. The van der Waals surface area contributed by atoms with E-state index in [0.717, 1.165) is 11.1 Å². The van der Waals surface area contributed by atoms with Gasteiger partial charge in [0.2, 0.25) is 0 Å². The molecule has 2 aromatic rings. The molecule has 0 aliphatic heterocycles. The SMILES string of the molecule is C=C(C(=O)OC)[C@H](NS(=O)c1ccc(C)cc1)c1ccccc1. The van der Waals surface area contributed by atoms with E-state index in [1.807, 2.05) is 49.4 Å². The Balaban J connectivity index is 2.27. The van der Waals surface area contributed by atoms with Gasteiger partial charge in [0.15, 0.2) is 0 Å². The van der Waals surface area contributed by atoms with Gasteiger partial charge in [-0.05, 0) is 24.6 Å². The smallest absolute Gasteiger partial charge is 0.335 e. The molecule has 0 fully saturated rings. The molecule has 0 aromatic heterocycles. The molecule has 1 N–H and O–H groups in total. The summed E-state index contributed by atoms with van der Waals surface area (Å²) < 4.78 is 20.3. The predicted molar refractivity (Wildman–Crippen MR) is 91.1 cm³/mol. The average molecular weight is 329 g/mol. The molecular weight excluding hydrogens is 310 g/mol.